The molecule has 0 fully saturated rings. The molecular formula is C12H14F4. The van der Waals surface area contributed by atoms with E-state index in [2.05, 4.69) is 0 Å². The van der Waals surface area contributed by atoms with E-state index in [1.807, 2.05) is 0 Å². The number of halogens is 4. The minimum atomic E-state index is -4.18. The molecule has 0 nitrogen and oxygen atoms in total. The highest BCUT2D eigenvalue weighted by Crippen LogP contribution is 2.27. The molecule has 0 heterocycles. The van der Waals surface area contributed by atoms with Gasteiger partial charge >= 0.3 is 6.18 Å². The first-order valence-electron chi connectivity index (χ1n) is 5.09. The molecule has 1 unspecified atom stereocenters. The van der Waals surface area contributed by atoms with Gasteiger partial charge in [0.2, 0.25) is 0 Å². The van der Waals surface area contributed by atoms with Crippen molar-refractivity contribution in [3.8, 4) is 0 Å². The minimum absolute atomic E-state index is 0.117. The molecule has 0 aromatic heterocycles. The van der Waals surface area contributed by atoms with Gasteiger partial charge in [0.15, 0.2) is 0 Å². The molecule has 0 aliphatic rings. The van der Waals surface area contributed by atoms with E-state index in [1.165, 1.54) is 13.0 Å². The third kappa shape index (κ3) is 4.21. The van der Waals surface area contributed by atoms with Crippen LogP contribution in [0.2, 0.25) is 0 Å². The Morgan fingerprint density at radius 1 is 1.25 bits per heavy atom. The first kappa shape index (κ1) is 13.0. The SMILES string of the molecule is Cc1ccc(CC(C)CC(F)(F)F)c(F)c1. The fraction of sp³-hybridized carbons (Fsp3) is 0.500. The van der Waals surface area contributed by atoms with Gasteiger partial charge in [-0.25, -0.2) is 4.39 Å². The molecule has 0 saturated heterocycles. The predicted octanol–water partition coefficient (Wildman–Crippen LogP) is 4.27. The highest BCUT2D eigenvalue weighted by Gasteiger charge is 2.30. The highest BCUT2D eigenvalue weighted by molar-refractivity contribution is 5.23. The van der Waals surface area contributed by atoms with Crippen molar-refractivity contribution in [3.63, 3.8) is 0 Å². The Morgan fingerprint density at radius 2 is 1.88 bits per heavy atom. The second-order valence-electron chi connectivity index (χ2n) is 4.22. The summed E-state index contributed by atoms with van der Waals surface area (Å²) < 4.78 is 49.6. The maximum atomic E-state index is 13.4. The molecule has 0 bridgehead atoms. The van der Waals surface area contributed by atoms with Gasteiger partial charge in [-0.2, -0.15) is 13.2 Å². The molecule has 90 valence electrons. The van der Waals surface area contributed by atoms with E-state index < -0.39 is 24.3 Å². The van der Waals surface area contributed by atoms with Gasteiger partial charge in [-0.3, -0.25) is 0 Å². The third-order valence-corrected chi connectivity index (χ3v) is 2.36. The number of benzene rings is 1. The monoisotopic (exact) mass is 234 g/mol. The van der Waals surface area contributed by atoms with Crippen LogP contribution in [0.5, 0.6) is 0 Å². The first-order valence-corrected chi connectivity index (χ1v) is 5.09. The Labute approximate surface area is 92.3 Å². The average Bonchev–Trinajstić information content (AvgIpc) is 2.06. The van der Waals surface area contributed by atoms with Crippen LogP contribution >= 0.6 is 0 Å². The summed E-state index contributed by atoms with van der Waals surface area (Å²) in [5.41, 5.74) is 1.12. The van der Waals surface area contributed by atoms with Crippen LogP contribution < -0.4 is 0 Å². The van der Waals surface area contributed by atoms with Gasteiger partial charge in [0, 0.05) is 6.42 Å². The van der Waals surface area contributed by atoms with Crippen LogP contribution in [0, 0.1) is 18.7 Å². The molecule has 0 aliphatic carbocycles. The Hall–Kier alpha value is -1.06. The van der Waals surface area contributed by atoms with E-state index in [4.69, 9.17) is 0 Å². The highest BCUT2D eigenvalue weighted by atomic mass is 19.4. The minimum Gasteiger partial charge on any atom is -0.207 e. The van der Waals surface area contributed by atoms with Crippen LogP contribution in [0.25, 0.3) is 0 Å². The van der Waals surface area contributed by atoms with Crippen molar-refractivity contribution < 1.29 is 17.6 Å². The second kappa shape index (κ2) is 4.85. The Balaban J connectivity index is 2.66. The summed E-state index contributed by atoms with van der Waals surface area (Å²) in [6.45, 7) is 3.22. The third-order valence-electron chi connectivity index (χ3n) is 2.36. The van der Waals surface area contributed by atoms with Crippen LogP contribution in [0.15, 0.2) is 18.2 Å². The number of aryl methyl sites for hydroxylation is 1. The summed E-state index contributed by atoms with van der Waals surface area (Å²) in [5, 5.41) is 0. The lowest BCUT2D eigenvalue weighted by Gasteiger charge is -2.14. The molecule has 1 rings (SSSR count). The van der Waals surface area contributed by atoms with Crippen LogP contribution in [-0.4, -0.2) is 6.18 Å². The van der Waals surface area contributed by atoms with E-state index >= 15 is 0 Å². The standard InChI is InChI=1S/C12H14F4/c1-8-3-4-10(11(13)6-8)5-9(2)7-12(14,15)16/h3-4,6,9H,5,7H2,1-2H3. The molecule has 1 aromatic carbocycles. The molecule has 1 atom stereocenters. The molecular weight excluding hydrogens is 220 g/mol. The lowest BCUT2D eigenvalue weighted by Crippen LogP contribution is -2.15. The first-order chi connectivity index (χ1) is 7.28. The molecule has 0 saturated carbocycles. The predicted molar refractivity (Wildman–Crippen MR) is 54.7 cm³/mol. The number of alkyl halides is 3. The summed E-state index contributed by atoms with van der Waals surface area (Å²) >= 11 is 0. The van der Waals surface area contributed by atoms with E-state index in [-0.39, 0.29) is 6.42 Å². The number of hydrogen-bond donors (Lipinski definition) is 0. The Kier molecular flexibility index (Phi) is 3.94. The summed E-state index contributed by atoms with van der Waals surface area (Å²) in [7, 11) is 0. The zero-order valence-corrected chi connectivity index (χ0v) is 9.24. The molecule has 0 aliphatic heterocycles. The Bertz CT molecular complexity index is 355. The zero-order valence-electron chi connectivity index (χ0n) is 9.24. The van der Waals surface area contributed by atoms with Crippen molar-refractivity contribution in [2.24, 2.45) is 5.92 Å². The lowest BCUT2D eigenvalue weighted by molar-refractivity contribution is -0.143. The van der Waals surface area contributed by atoms with Gasteiger partial charge in [-0.1, -0.05) is 19.1 Å². The Morgan fingerprint density at radius 3 is 2.38 bits per heavy atom. The molecule has 1 aromatic rings. The summed E-state index contributed by atoms with van der Waals surface area (Å²) in [6, 6.07) is 4.60. The van der Waals surface area contributed by atoms with Gasteiger partial charge in [0.25, 0.3) is 0 Å². The molecule has 0 radical (unpaired) electrons. The van der Waals surface area contributed by atoms with Crippen molar-refractivity contribution >= 4 is 0 Å². The average molecular weight is 234 g/mol. The van der Waals surface area contributed by atoms with Crippen molar-refractivity contribution in [1.29, 1.82) is 0 Å². The maximum absolute atomic E-state index is 13.4. The molecule has 0 spiro atoms. The van der Waals surface area contributed by atoms with Crippen LogP contribution in [0.1, 0.15) is 24.5 Å². The van der Waals surface area contributed by atoms with E-state index in [1.54, 1.807) is 19.1 Å². The van der Waals surface area contributed by atoms with Crippen LogP contribution in [0.4, 0.5) is 17.6 Å². The number of hydrogen-bond acceptors (Lipinski definition) is 0. The molecule has 0 amide bonds. The van der Waals surface area contributed by atoms with Gasteiger partial charge < -0.3 is 0 Å². The second-order valence-corrected chi connectivity index (χ2v) is 4.22. The van der Waals surface area contributed by atoms with Gasteiger partial charge in [0.05, 0.1) is 0 Å². The number of rotatable bonds is 3. The van der Waals surface area contributed by atoms with Gasteiger partial charge in [-0.15, -0.1) is 0 Å². The van der Waals surface area contributed by atoms with Crippen molar-refractivity contribution in [1.82, 2.24) is 0 Å². The molecule has 0 N–H and O–H groups in total. The van der Waals surface area contributed by atoms with Crippen LogP contribution in [0.3, 0.4) is 0 Å². The maximum Gasteiger partial charge on any atom is 0.389 e. The fourth-order valence-electron chi connectivity index (χ4n) is 1.66. The van der Waals surface area contributed by atoms with E-state index in [9.17, 15) is 17.6 Å². The van der Waals surface area contributed by atoms with Crippen molar-refractivity contribution in [2.75, 3.05) is 0 Å². The summed E-state index contributed by atoms with van der Waals surface area (Å²) in [6.07, 6.45) is -4.94. The van der Waals surface area contributed by atoms with E-state index in [0.717, 1.165) is 5.56 Å². The quantitative estimate of drug-likeness (QED) is 0.685. The smallest absolute Gasteiger partial charge is 0.207 e. The van der Waals surface area contributed by atoms with E-state index in [0.29, 0.717) is 5.56 Å². The summed E-state index contributed by atoms with van der Waals surface area (Å²) in [4.78, 5) is 0. The normalized spacial score (nSPS) is 13.9. The van der Waals surface area contributed by atoms with Gasteiger partial charge in [-0.05, 0) is 36.5 Å². The topological polar surface area (TPSA) is 0 Å². The van der Waals surface area contributed by atoms with Crippen molar-refractivity contribution in [3.05, 3.63) is 35.1 Å². The van der Waals surface area contributed by atoms with Crippen molar-refractivity contribution in [2.45, 2.75) is 32.9 Å². The lowest BCUT2D eigenvalue weighted by atomic mass is 9.97. The largest absolute Gasteiger partial charge is 0.389 e. The molecule has 16 heavy (non-hydrogen) atoms. The van der Waals surface area contributed by atoms with Crippen LogP contribution in [-0.2, 0) is 6.42 Å². The summed E-state index contributed by atoms with van der Waals surface area (Å²) in [5.74, 6) is -1.02. The zero-order chi connectivity index (χ0) is 12.3. The molecule has 4 heteroatoms. The van der Waals surface area contributed by atoms with Gasteiger partial charge in [0.1, 0.15) is 5.82 Å². The fourth-order valence-corrected chi connectivity index (χ4v) is 1.66.